The van der Waals surface area contributed by atoms with Crippen molar-refractivity contribution in [1.29, 1.82) is 0 Å². The summed E-state index contributed by atoms with van der Waals surface area (Å²) in [6, 6.07) is 9.95. The van der Waals surface area contributed by atoms with Crippen molar-refractivity contribution in [2.24, 2.45) is 11.8 Å². The molecule has 3 rings (SSSR count). The number of carbonyl (C=O) groups excluding carboxylic acids is 2. The fraction of sp³-hybridized carbons (Fsp3) is 0.333. The van der Waals surface area contributed by atoms with Gasteiger partial charge in [0.2, 0.25) is 11.8 Å². The molecule has 3 nitrogen and oxygen atoms in total. The van der Waals surface area contributed by atoms with Crippen LogP contribution in [-0.4, -0.2) is 23.3 Å². The zero-order valence-corrected chi connectivity index (χ0v) is 12.2. The topological polar surface area (TPSA) is 37.4 Å². The van der Waals surface area contributed by atoms with Crippen molar-refractivity contribution in [3.8, 4) is 0 Å². The molecule has 0 aromatic heterocycles. The number of fused-ring (bicyclic) bond motifs is 1. The summed E-state index contributed by atoms with van der Waals surface area (Å²) in [7, 11) is 0. The highest BCUT2D eigenvalue weighted by Gasteiger charge is 2.52. The Morgan fingerprint density at radius 2 is 1.95 bits per heavy atom. The third kappa shape index (κ3) is 2.04. The number of allylic oxidation sites excluding steroid dienone is 3. The molecule has 2 amide bonds. The first-order chi connectivity index (χ1) is 10.2. The third-order valence-corrected chi connectivity index (χ3v) is 4.60. The quantitative estimate of drug-likeness (QED) is 0.799. The van der Waals surface area contributed by atoms with Crippen molar-refractivity contribution in [1.82, 2.24) is 4.90 Å². The van der Waals surface area contributed by atoms with E-state index in [1.54, 1.807) is 0 Å². The van der Waals surface area contributed by atoms with Gasteiger partial charge in [-0.25, -0.2) is 0 Å². The maximum Gasteiger partial charge on any atom is 0.234 e. The van der Waals surface area contributed by atoms with E-state index >= 15 is 0 Å². The van der Waals surface area contributed by atoms with Gasteiger partial charge in [0.1, 0.15) is 0 Å². The van der Waals surface area contributed by atoms with Gasteiger partial charge in [0.25, 0.3) is 0 Å². The van der Waals surface area contributed by atoms with Crippen LogP contribution in [0.15, 0.2) is 54.6 Å². The van der Waals surface area contributed by atoms with Crippen LogP contribution in [0.1, 0.15) is 24.8 Å². The smallest absolute Gasteiger partial charge is 0.234 e. The molecule has 1 aliphatic heterocycles. The van der Waals surface area contributed by atoms with Crippen molar-refractivity contribution < 1.29 is 9.59 Å². The number of benzene rings is 1. The minimum atomic E-state index is -0.280. The lowest BCUT2D eigenvalue weighted by Gasteiger charge is -2.30. The fourth-order valence-electron chi connectivity index (χ4n) is 3.62. The Morgan fingerprint density at radius 1 is 1.24 bits per heavy atom. The summed E-state index contributed by atoms with van der Waals surface area (Å²) in [6.45, 7) is 6.19. The van der Waals surface area contributed by atoms with E-state index in [1.807, 2.05) is 43.3 Å². The summed E-state index contributed by atoms with van der Waals surface area (Å²) in [5.41, 5.74) is 2.14. The number of likely N-dealkylation sites (tertiary alicyclic amines) is 1. The van der Waals surface area contributed by atoms with E-state index < -0.39 is 0 Å². The lowest BCUT2D eigenvalue weighted by molar-refractivity contribution is -0.139. The Kier molecular flexibility index (Phi) is 3.50. The van der Waals surface area contributed by atoms with Gasteiger partial charge in [0.15, 0.2) is 0 Å². The third-order valence-electron chi connectivity index (χ3n) is 4.60. The molecule has 1 heterocycles. The molecule has 0 spiro atoms. The van der Waals surface area contributed by atoms with Gasteiger partial charge in [-0.15, -0.1) is 0 Å². The van der Waals surface area contributed by atoms with E-state index in [0.29, 0.717) is 13.0 Å². The zero-order valence-electron chi connectivity index (χ0n) is 12.2. The molecule has 0 bridgehead atoms. The lowest BCUT2D eigenvalue weighted by Crippen LogP contribution is -2.32. The molecule has 0 radical (unpaired) electrons. The van der Waals surface area contributed by atoms with E-state index in [9.17, 15) is 9.59 Å². The molecule has 3 heteroatoms. The molecule has 1 aliphatic carbocycles. The second kappa shape index (κ2) is 5.32. The summed E-state index contributed by atoms with van der Waals surface area (Å²) < 4.78 is 0. The SMILES string of the molecule is C=CC1=CC[C@H]2C(=O)N(CC)C(=O)[C@H]2[C@H]1c1ccccc1. The summed E-state index contributed by atoms with van der Waals surface area (Å²) in [4.78, 5) is 26.5. The van der Waals surface area contributed by atoms with Crippen LogP contribution in [0.2, 0.25) is 0 Å². The van der Waals surface area contributed by atoms with E-state index in [1.165, 1.54) is 4.90 Å². The Bertz CT molecular complexity index is 617. The van der Waals surface area contributed by atoms with Gasteiger partial charge in [-0.3, -0.25) is 14.5 Å². The molecule has 21 heavy (non-hydrogen) atoms. The monoisotopic (exact) mass is 281 g/mol. The fourth-order valence-corrected chi connectivity index (χ4v) is 3.62. The van der Waals surface area contributed by atoms with Crippen LogP contribution in [0, 0.1) is 11.8 Å². The van der Waals surface area contributed by atoms with Gasteiger partial charge in [-0.2, -0.15) is 0 Å². The second-order valence-corrected chi connectivity index (χ2v) is 5.59. The predicted octanol–water partition coefficient (Wildman–Crippen LogP) is 2.91. The Labute approximate surface area is 125 Å². The molecule has 108 valence electrons. The molecule has 0 unspecified atom stereocenters. The first-order valence-corrected chi connectivity index (χ1v) is 7.41. The first kappa shape index (κ1) is 13.8. The summed E-state index contributed by atoms with van der Waals surface area (Å²) in [5.74, 6) is -0.610. The highest BCUT2D eigenvalue weighted by Crippen LogP contribution is 2.47. The summed E-state index contributed by atoms with van der Waals surface area (Å²) in [6.07, 6.45) is 4.52. The van der Waals surface area contributed by atoms with Crippen LogP contribution in [0.4, 0.5) is 0 Å². The Hall–Kier alpha value is -2.16. The van der Waals surface area contributed by atoms with E-state index in [4.69, 9.17) is 0 Å². The molecule has 1 aromatic rings. The number of rotatable bonds is 3. The highest BCUT2D eigenvalue weighted by molar-refractivity contribution is 6.06. The molecule has 2 aliphatic rings. The van der Waals surface area contributed by atoms with Gasteiger partial charge < -0.3 is 0 Å². The second-order valence-electron chi connectivity index (χ2n) is 5.59. The Balaban J connectivity index is 2.09. The molecule has 0 N–H and O–H groups in total. The van der Waals surface area contributed by atoms with Gasteiger partial charge in [0.05, 0.1) is 11.8 Å². The number of hydrogen-bond donors (Lipinski definition) is 0. The Morgan fingerprint density at radius 3 is 2.57 bits per heavy atom. The number of imide groups is 1. The predicted molar refractivity (Wildman–Crippen MR) is 81.5 cm³/mol. The van der Waals surface area contributed by atoms with Crippen molar-refractivity contribution in [3.63, 3.8) is 0 Å². The van der Waals surface area contributed by atoms with E-state index in [2.05, 4.69) is 12.7 Å². The maximum absolute atomic E-state index is 12.7. The van der Waals surface area contributed by atoms with Crippen molar-refractivity contribution in [2.75, 3.05) is 6.54 Å². The van der Waals surface area contributed by atoms with Crippen molar-refractivity contribution >= 4 is 11.8 Å². The summed E-state index contributed by atoms with van der Waals surface area (Å²) >= 11 is 0. The average Bonchev–Trinajstić information content (AvgIpc) is 2.78. The molecule has 0 saturated carbocycles. The van der Waals surface area contributed by atoms with Crippen LogP contribution in [0.25, 0.3) is 0 Å². The minimum Gasteiger partial charge on any atom is -0.282 e. The first-order valence-electron chi connectivity index (χ1n) is 7.41. The van der Waals surface area contributed by atoms with Crippen LogP contribution in [-0.2, 0) is 9.59 Å². The zero-order chi connectivity index (χ0) is 15.0. The standard InChI is InChI=1S/C18H19NO2/c1-3-12-10-11-14-16(18(21)19(4-2)17(14)20)15(12)13-8-6-5-7-9-13/h3,5-10,14-16H,1,4,11H2,2H3/t14-,15-,16-/m1/s1. The van der Waals surface area contributed by atoms with Crippen LogP contribution in [0.3, 0.4) is 0 Å². The minimum absolute atomic E-state index is 0.0206. The number of amides is 2. The van der Waals surface area contributed by atoms with Gasteiger partial charge >= 0.3 is 0 Å². The lowest BCUT2D eigenvalue weighted by atomic mass is 9.70. The number of carbonyl (C=O) groups is 2. The van der Waals surface area contributed by atoms with E-state index in [0.717, 1.165) is 11.1 Å². The van der Waals surface area contributed by atoms with Gasteiger partial charge in [-0.1, -0.05) is 49.1 Å². The number of hydrogen-bond acceptors (Lipinski definition) is 2. The van der Waals surface area contributed by atoms with Crippen LogP contribution in [0.5, 0.6) is 0 Å². The van der Waals surface area contributed by atoms with E-state index in [-0.39, 0.29) is 29.6 Å². The van der Waals surface area contributed by atoms with Crippen LogP contribution < -0.4 is 0 Å². The molecular formula is C18H19NO2. The molecule has 1 fully saturated rings. The molecule has 1 aromatic carbocycles. The van der Waals surface area contributed by atoms with Gasteiger partial charge in [-0.05, 0) is 24.5 Å². The maximum atomic E-state index is 12.7. The highest BCUT2D eigenvalue weighted by atomic mass is 16.2. The molecule has 1 saturated heterocycles. The summed E-state index contributed by atoms with van der Waals surface area (Å²) in [5, 5.41) is 0. The largest absolute Gasteiger partial charge is 0.282 e. The molecular weight excluding hydrogens is 262 g/mol. The average molecular weight is 281 g/mol. The number of nitrogens with zero attached hydrogens (tertiary/aromatic N) is 1. The van der Waals surface area contributed by atoms with Crippen molar-refractivity contribution in [3.05, 3.63) is 60.2 Å². The van der Waals surface area contributed by atoms with Gasteiger partial charge in [0, 0.05) is 12.5 Å². The molecule has 3 atom stereocenters. The normalized spacial score (nSPS) is 28.3. The van der Waals surface area contributed by atoms with Crippen molar-refractivity contribution in [2.45, 2.75) is 19.3 Å². The van der Waals surface area contributed by atoms with Crippen LogP contribution >= 0.6 is 0 Å².